The summed E-state index contributed by atoms with van der Waals surface area (Å²) in [6.45, 7) is 0.111. The smallest absolute Gasteiger partial charge is 0.382 e. The first-order valence-corrected chi connectivity index (χ1v) is 13.0. The lowest BCUT2D eigenvalue weighted by atomic mass is 10.1. The molecule has 0 aliphatic carbocycles. The molecule has 0 bridgehead atoms. The molecule has 222 valence electrons. The van der Waals surface area contributed by atoms with Gasteiger partial charge in [0.2, 0.25) is 0 Å². The topological polar surface area (TPSA) is 120 Å². The fourth-order valence-corrected chi connectivity index (χ4v) is 4.34. The number of amides is 1. The van der Waals surface area contributed by atoms with E-state index in [1.807, 2.05) is 0 Å². The number of nitrogens with zero attached hydrogens (tertiary/aromatic N) is 6. The van der Waals surface area contributed by atoms with Gasteiger partial charge in [-0.3, -0.25) is 9.36 Å². The molecule has 2 aromatic heterocycles. The molecule has 15 heteroatoms. The van der Waals surface area contributed by atoms with Gasteiger partial charge in [-0.1, -0.05) is 29.8 Å². The monoisotopic (exact) mass is 615 g/mol. The Labute approximate surface area is 245 Å². The molecule has 1 amide bonds. The molecule has 43 heavy (non-hydrogen) atoms. The number of anilines is 1. The molecule has 0 fully saturated rings. The minimum atomic E-state index is -4.97. The third-order valence-electron chi connectivity index (χ3n) is 6.50. The molecule has 2 N–H and O–H groups in total. The number of carbonyl (C=O) groups excluding carboxylic acids is 1. The van der Waals surface area contributed by atoms with Crippen LogP contribution in [-0.4, -0.2) is 52.4 Å². The van der Waals surface area contributed by atoms with Gasteiger partial charge in [0.1, 0.15) is 18.7 Å². The van der Waals surface area contributed by atoms with Crippen molar-refractivity contribution in [3.8, 4) is 17.1 Å². The van der Waals surface area contributed by atoms with Gasteiger partial charge < -0.3 is 10.4 Å². The highest BCUT2D eigenvalue weighted by molar-refractivity contribution is 6.30. The minimum Gasteiger partial charge on any atom is -0.382 e. The van der Waals surface area contributed by atoms with Gasteiger partial charge in [-0.2, -0.15) is 13.2 Å². The predicted molar refractivity (Wildman–Crippen MR) is 149 cm³/mol. The largest absolute Gasteiger partial charge is 0.416 e. The number of benzene rings is 3. The molecule has 5 aromatic rings. The first-order chi connectivity index (χ1) is 20.4. The fourth-order valence-electron chi connectivity index (χ4n) is 4.22. The number of para-hydroxylation sites is 1. The molecular weight excluding hydrogens is 594 g/mol. The number of aliphatic hydroxyl groups is 1. The second kappa shape index (κ2) is 11.8. The van der Waals surface area contributed by atoms with Gasteiger partial charge >= 0.3 is 11.9 Å². The molecule has 0 spiro atoms. The summed E-state index contributed by atoms with van der Waals surface area (Å²) in [6.07, 6.45) is -6.48. The lowest BCUT2D eigenvalue weighted by Gasteiger charge is -2.15. The molecule has 3 aromatic carbocycles. The second-order valence-corrected chi connectivity index (χ2v) is 9.86. The Bertz CT molecular complexity index is 1850. The van der Waals surface area contributed by atoms with Crippen LogP contribution in [0.3, 0.4) is 0 Å². The average molecular weight is 616 g/mol. The number of rotatable bonds is 8. The Hall–Kier alpha value is -4.82. The second-order valence-electron chi connectivity index (χ2n) is 9.43. The van der Waals surface area contributed by atoms with Crippen molar-refractivity contribution in [1.29, 1.82) is 0 Å². The van der Waals surface area contributed by atoms with Gasteiger partial charge in [0, 0.05) is 21.8 Å². The molecule has 0 radical (unpaired) electrons. The third kappa shape index (κ3) is 6.34. The zero-order valence-corrected chi connectivity index (χ0v) is 23.0. The molecule has 0 unspecified atom stereocenters. The van der Waals surface area contributed by atoms with Crippen LogP contribution >= 0.6 is 11.6 Å². The van der Waals surface area contributed by atoms with E-state index in [1.165, 1.54) is 60.4 Å². The Morgan fingerprint density at radius 3 is 2.49 bits per heavy atom. The predicted octanol–water partition coefficient (Wildman–Crippen LogP) is 4.62. The van der Waals surface area contributed by atoms with Crippen molar-refractivity contribution in [3.63, 3.8) is 0 Å². The summed E-state index contributed by atoms with van der Waals surface area (Å²) in [4.78, 5) is 30.4. The Balaban J connectivity index is 1.45. The lowest BCUT2D eigenvalue weighted by Crippen LogP contribution is -2.37. The number of halogens is 5. The molecule has 1 atom stereocenters. The van der Waals surface area contributed by atoms with Gasteiger partial charge in [0.25, 0.3) is 5.91 Å². The van der Waals surface area contributed by atoms with E-state index in [0.717, 1.165) is 4.68 Å². The highest BCUT2D eigenvalue weighted by Gasteiger charge is 2.39. The number of hydrogen-bond acceptors (Lipinski definition) is 6. The van der Waals surface area contributed by atoms with Gasteiger partial charge in [-0.15, -0.1) is 10.2 Å². The van der Waals surface area contributed by atoms with Crippen LogP contribution in [0.2, 0.25) is 5.02 Å². The third-order valence-corrected chi connectivity index (χ3v) is 6.75. The van der Waals surface area contributed by atoms with Crippen LogP contribution in [0.5, 0.6) is 0 Å². The molecular formula is C28H22ClF4N7O3. The van der Waals surface area contributed by atoms with E-state index in [9.17, 15) is 32.3 Å². The number of alkyl halides is 3. The van der Waals surface area contributed by atoms with E-state index in [0.29, 0.717) is 26.5 Å². The quantitative estimate of drug-likeness (QED) is 0.246. The summed E-state index contributed by atoms with van der Waals surface area (Å²) in [5, 5.41) is 21.2. The summed E-state index contributed by atoms with van der Waals surface area (Å²) in [6, 6.07) is 16.7. The Morgan fingerprint density at radius 1 is 1.05 bits per heavy atom. The van der Waals surface area contributed by atoms with E-state index in [4.69, 9.17) is 11.6 Å². The van der Waals surface area contributed by atoms with Crippen molar-refractivity contribution in [3.05, 3.63) is 111 Å². The van der Waals surface area contributed by atoms with Crippen molar-refractivity contribution >= 4 is 23.2 Å². The Kier molecular flexibility index (Phi) is 8.15. The normalized spacial score (nSPS) is 12.3. The van der Waals surface area contributed by atoms with Gasteiger partial charge in [-0.05, 0) is 55.5 Å². The zero-order valence-electron chi connectivity index (χ0n) is 22.3. The van der Waals surface area contributed by atoms with Crippen LogP contribution in [0.4, 0.5) is 23.2 Å². The lowest BCUT2D eigenvalue weighted by molar-refractivity contribution is -0.207. The number of aliphatic hydroxyl groups excluding tert-OH is 1. The summed E-state index contributed by atoms with van der Waals surface area (Å²) in [5.41, 5.74) is 0.427. The highest BCUT2D eigenvalue weighted by Crippen LogP contribution is 2.24. The molecule has 5 rings (SSSR count). The average Bonchev–Trinajstić information content (AvgIpc) is 3.56. The zero-order chi connectivity index (χ0) is 30.9. The SMILES string of the molecule is Cc1c(F)cccc1NC(=O)c1ccccc1-n1cnc(Cn2nc(-c3ccc(Cl)cc3)n(C[C@H](O)C(F)(F)F)c2=O)n1. The summed E-state index contributed by atoms with van der Waals surface area (Å²) >= 11 is 5.92. The van der Waals surface area contributed by atoms with E-state index >= 15 is 0 Å². The molecule has 0 saturated heterocycles. The minimum absolute atomic E-state index is 0.0574. The number of carbonyl (C=O) groups is 1. The standard InChI is InChI=1S/C28H22ClF4N7O3/c1-16-20(30)6-4-7-21(16)35-26(42)19-5-2-3-8-22(19)40-15-34-24(36-40)14-39-27(43)38(13-23(41)28(31,32)33)25(37-39)17-9-11-18(29)12-10-17/h2-12,15,23,41H,13-14H2,1H3,(H,35,42)/t23-/m0/s1. The van der Waals surface area contributed by atoms with Crippen LogP contribution in [0.1, 0.15) is 21.7 Å². The Morgan fingerprint density at radius 2 is 1.77 bits per heavy atom. The van der Waals surface area contributed by atoms with Crippen LogP contribution in [0.25, 0.3) is 17.1 Å². The van der Waals surface area contributed by atoms with Crippen molar-refractivity contribution in [2.24, 2.45) is 0 Å². The fraction of sp³-hybridized carbons (Fsp3) is 0.179. The van der Waals surface area contributed by atoms with Crippen LogP contribution < -0.4 is 11.0 Å². The van der Waals surface area contributed by atoms with E-state index in [1.54, 1.807) is 24.3 Å². The van der Waals surface area contributed by atoms with Crippen LogP contribution in [-0.2, 0) is 13.1 Å². The molecule has 0 aliphatic rings. The highest BCUT2D eigenvalue weighted by atomic mass is 35.5. The van der Waals surface area contributed by atoms with Crippen LogP contribution in [0.15, 0.2) is 77.9 Å². The number of nitrogens with one attached hydrogen (secondary N) is 1. The summed E-state index contributed by atoms with van der Waals surface area (Å²) < 4.78 is 56.3. The van der Waals surface area contributed by atoms with Crippen molar-refractivity contribution < 1.29 is 27.5 Å². The van der Waals surface area contributed by atoms with Crippen molar-refractivity contribution in [2.75, 3.05) is 5.32 Å². The van der Waals surface area contributed by atoms with E-state index in [-0.39, 0.29) is 29.3 Å². The maximum Gasteiger partial charge on any atom is 0.416 e. The van der Waals surface area contributed by atoms with Gasteiger partial charge in [0.05, 0.1) is 17.8 Å². The first-order valence-electron chi connectivity index (χ1n) is 12.7. The van der Waals surface area contributed by atoms with E-state index < -0.39 is 36.2 Å². The van der Waals surface area contributed by atoms with Crippen molar-refractivity contribution in [1.82, 2.24) is 29.1 Å². The van der Waals surface area contributed by atoms with Crippen molar-refractivity contribution in [2.45, 2.75) is 32.3 Å². The van der Waals surface area contributed by atoms with Crippen LogP contribution in [0, 0.1) is 12.7 Å². The van der Waals surface area contributed by atoms with Gasteiger partial charge in [0.15, 0.2) is 17.8 Å². The number of hydrogen-bond donors (Lipinski definition) is 2. The first kappa shape index (κ1) is 29.7. The molecule has 0 saturated carbocycles. The molecule has 2 heterocycles. The maximum atomic E-state index is 14.0. The summed E-state index contributed by atoms with van der Waals surface area (Å²) in [7, 11) is 0. The number of aromatic nitrogens is 6. The van der Waals surface area contributed by atoms with Gasteiger partial charge in [-0.25, -0.2) is 23.5 Å². The summed E-state index contributed by atoms with van der Waals surface area (Å²) in [5.74, 6) is -1.08. The molecule has 0 aliphatic heterocycles. The molecule has 10 nitrogen and oxygen atoms in total. The maximum absolute atomic E-state index is 14.0. The van der Waals surface area contributed by atoms with E-state index in [2.05, 4.69) is 20.5 Å².